The van der Waals surface area contributed by atoms with E-state index in [2.05, 4.69) is 37.6 Å². The number of rotatable bonds is 13. The maximum Gasteiger partial charge on any atom is 0.187 e. The SMILES string of the molecule is Cc1ncc(CNc2ccc(-c3ccc(C#N)cc3)cc2)c(CO)c1O.[C-]#[N+]c1ccc(COc2c(C)ncc(CNc3ccc(-c4ccc(C#N)cc4)cc3)c2CO)cc1. The van der Waals surface area contributed by atoms with Crippen LogP contribution in [0.4, 0.5) is 17.1 Å². The highest BCUT2D eigenvalue weighted by Gasteiger charge is 2.15. The number of aliphatic hydroxyl groups excluding tert-OH is 2. The van der Waals surface area contributed by atoms with E-state index in [4.69, 9.17) is 21.8 Å². The predicted molar refractivity (Wildman–Crippen MR) is 236 cm³/mol. The average Bonchev–Trinajstić information content (AvgIpc) is 3.31. The summed E-state index contributed by atoms with van der Waals surface area (Å²) < 4.78 is 6.04. The van der Waals surface area contributed by atoms with Gasteiger partial charge in [0.1, 0.15) is 18.1 Å². The minimum atomic E-state index is -0.232. The Kier molecular flexibility index (Phi) is 14.4. The van der Waals surface area contributed by atoms with Crippen LogP contribution in [0.15, 0.2) is 134 Å². The number of pyridine rings is 2. The summed E-state index contributed by atoms with van der Waals surface area (Å²) in [5, 5.41) is 54.1. The van der Waals surface area contributed by atoms with Crippen LogP contribution in [0.3, 0.4) is 0 Å². The Bertz CT molecular complexity index is 2700. The third-order valence-electron chi connectivity index (χ3n) is 10.0. The summed E-state index contributed by atoms with van der Waals surface area (Å²) in [5.74, 6) is 0.625. The number of aromatic nitrogens is 2. The summed E-state index contributed by atoms with van der Waals surface area (Å²) in [7, 11) is 0. The predicted octanol–water partition coefficient (Wildman–Crippen LogP) is 9.90. The summed E-state index contributed by atoms with van der Waals surface area (Å²) in [6, 6.07) is 42.4. The maximum absolute atomic E-state index is 10.1. The molecule has 61 heavy (non-hydrogen) atoms. The van der Waals surface area contributed by atoms with Crippen LogP contribution < -0.4 is 15.4 Å². The van der Waals surface area contributed by atoms with Crippen molar-refractivity contribution in [2.45, 2.75) is 46.8 Å². The molecule has 0 aliphatic rings. The Balaban J connectivity index is 0.000000213. The Morgan fingerprint density at radius 2 is 1.03 bits per heavy atom. The van der Waals surface area contributed by atoms with Gasteiger partial charge in [-0.05, 0) is 101 Å². The third kappa shape index (κ3) is 10.9. The first-order valence-corrected chi connectivity index (χ1v) is 19.4. The number of anilines is 2. The molecule has 0 amide bonds. The Hall–Kier alpha value is -8.01. The van der Waals surface area contributed by atoms with Gasteiger partial charge in [0.05, 0.1) is 54.4 Å². The number of aryl methyl sites for hydroxylation is 2. The molecule has 11 heteroatoms. The van der Waals surface area contributed by atoms with Gasteiger partial charge in [-0.25, -0.2) is 4.85 Å². The number of hydrogen-bond acceptors (Lipinski definition) is 10. The van der Waals surface area contributed by atoms with Gasteiger partial charge in [-0.1, -0.05) is 72.8 Å². The molecule has 0 saturated heterocycles. The summed E-state index contributed by atoms with van der Waals surface area (Å²) in [6.07, 6.45) is 3.43. The number of ether oxygens (including phenoxy) is 1. The fourth-order valence-electron chi connectivity index (χ4n) is 6.46. The van der Waals surface area contributed by atoms with E-state index in [9.17, 15) is 15.3 Å². The molecule has 2 aromatic heterocycles. The first-order chi connectivity index (χ1) is 29.7. The highest BCUT2D eigenvalue weighted by atomic mass is 16.5. The second-order valence-corrected chi connectivity index (χ2v) is 14.0. The van der Waals surface area contributed by atoms with Crippen LogP contribution in [0.5, 0.6) is 11.5 Å². The van der Waals surface area contributed by atoms with Crippen LogP contribution in [-0.2, 0) is 32.9 Å². The summed E-state index contributed by atoms with van der Waals surface area (Å²) in [4.78, 5) is 12.0. The number of nitriles is 2. The zero-order valence-electron chi connectivity index (χ0n) is 33.7. The van der Waals surface area contributed by atoms with E-state index in [1.807, 2.05) is 104 Å². The van der Waals surface area contributed by atoms with E-state index >= 15 is 0 Å². The summed E-state index contributed by atoms with van der Waals surface area (Å²) >= 11 is 0. The van der Waals surface area contributed by atoms with Crippen molar-refractivity contribution in [1.29, 1.82) is 10.5 Å². The van der Waals surface area contributed by atoms with Gasteiger partial charge in [0, 0.05) is 48.0 Å². The van der Waals surface area contributed by atoms with Crippen molar-refractivity contribution >= 4 is 17.1 Å². The lowest BCUT2D eigenvalue weighted by Crippen LogP contribution is -2.09. The Morgan fingerprint density at radius 3 is 1.46 bits per heavy atom. The second kappa shape index (κ2) is 20.6. The van der Waals surface area contributed by atoms with Gasteiger partial charge in [-0.2, -0.15) is 10.5 Å². The lowest BCUT2D eigenvalue weighted by Gasteiger charge is -2.17. The molecule has 0 aliphatic carbocycles. The third-order valence-corrected chi connectivity index (χ3v) is 10.0. The Morgan fingerprint density at radius 1 is 0.607 bits per heavy atom. The van der Waals surface area contributed by atoms with Crippen molar-refractivity contribution in [1.82, 2.24) is 9.97 Å². The lowest BCUT2D eigenvalue weighted by molar-refractivity contribution is 0.256. The molecule has 7 rings (SSSR count). The number of nitrogens with one attached hydrogen (secondary N) is 2. The van der Waals surface area contributed by atoms with E-state index in [1.54, 1.807) is 43.6 Å². The fraction of sp³-hybridized carbons (Fsp3) is 0.140. The van der Waals surface area contributed by atoms with Crippen LogP contribution >= 0.6 is 0 Å². The van der Waals surface area contributed by atoms with Crippen molar-refractivity contribution in [3.63, 3.8) is 0 Å². The normalized spacial score (nSPS) is 10.3. The molecule has 5 N–H and O–H groups in total. The second-order valence-electron chi connectivity index (χ2n) is 14.0. The van der Waals surface area contributed by atoms with Gasteiger partial charge >= 0.3 is 0 Å². The highest BCUT2D eigenvalue weighted by molar-refractivity contribution is 5.68. The topological polar surface area (TPSA) is 172 Å². The maximum atomic E-state index is 10.1. The molecular formula is C50H43N7O4. The van der Waals surface area contributed by atoms with Crippen molar-refractivity contribution in [2.75, 3.05) is 10.6 Å². The molecule has 0 atom stereocenters. The van der Waals surface area contributed by atoms with Crippen LogP contribution in [0.1, 0.15) is 50.3 Å². The van der Waals surface area contributed by atoms with Crippen molar-refractivity contribution in [2.24, 2.45) is 0 Å². The van der Waals surface area contributed by atoms with E-state index in [0.717, 1.165) is 50.3 Å². The molecule has 11 nitrogen and oxygen atoms in total. The van der Waals surface area contributed by atoms with Gasteiger partial charge in [-0.3, -0.25) is 9.97 Å². The summed E-state index contributed by atoms with van der Waals surface area (Å²) in [5.41, 5.74) is 12.9. The molecule has 0 spiro atoms. The van der Waals surface area contributed by atoms with Gasteiger partial charge in [-0.15, -0.1) is 0 Å². The van der Waals surface area contributed by atoms with Crippen LogP contribution in [-0.4, -0.2) is 25.3 Å². The van der Waals surface area contributed by atoms with Crippen molar-refractivity contribution in [3.05, 3.63) is 195 Å². The van der Waals surface area contributed by atoms with Gasteiger partial charge in [0.25, 0.3) is 0 Å². The van der Waals surface area contributed by atoms with E-state index in [0.29, 0.717) is 64.8 Å². The number of aromatic hydroxyl groups is 1. The van der Waals surface area contributed by atoms with Crippen LogP contribution in [0, 0.1) is 43.1 Å². The number of benzene rings is 5. The molecule has 0 saturated carbocycles. The lowest BCUT2D eigenvalue weighted by atomic mass is 10.0. The zero-order valence-corrected chi connectivity index (χ0v) is 33.7. The molecular weight excluding hydrogens is 763 g/mol. The van der Waals surface area contributed by atoms with Gasteiger partial charge < -0.3 is 30.7 Å². The van der Waals surface area contributed by atoms with Crippen molar-refractivity contribution < 1.29 is 20.1 Å². The quantitative estimate of drug-likeness (QED) is 0.0707. The molecule has 0 fully saturated rings. The smallest absolute Gasteiger partial charge is 0.187 e. The molecule has 0 bridgehead atoms. The average molecular weight is 806 g/mol. The largest absolute Gasteiger partial charge is 0.506 e. The van der Waals surface area contributed by atoms with E-state index < -0.39 is 0 Å². The Labute approximate surface area is 355 Å². The number of hydrogen-bond donors (Lipinski definition) is 5. The minimum Gasteiger partial charge on any atom is -0.506 e. The van der Waals surface area contributed by atoms with Crippen LogP contribution in [0.2, 0.25) is 0 Å². The highest BCUT2D eigenvalue weighted by Crippen LogP contribution is 2.29. The zero-order chi connectivity index (χ0) is 43.1. The fourth-order valence-corrected chi connectivity index (χ4v) is 6.46. The van der Waals surface area contributed by atoms with E-state index in [-0.39, 0.29) is 19.0 Å². The molecule has 302 valence electrons. The van der Waals surface area contributed by atoms with E-state index in [1.165, 1.54) is 0 Å². The number of aliphatic hydroxyl groups is 2. The standard InChI is InChI=1S/C29H24N4O2.C21H19N3O2/c1-20-29(35-19-22-5-11-26(31-2)12-6-22)28(18-34)25(16-32-20)17-33-27-13-9-24(10-14-27)23-7-3-21(15-30)4-8-23;1-14-21(26)20(13-25)18(11-23-14)12-24-19-8-6-17(7-9-19)16-4-2-15(10-22)3-5-16/h3-14,16,33-34H,17-19H2,1H3;2-9,11,24-26H,12-13H2,1H3. The van der Waals surface area contributed by atoms with Gasteiger partial charge in [0.2, 0.25) is 0 Å². The van der Waals surface area contributed by atoms with Crippen molar-refractivity contribution in [3.8, 4) is 45.9 Å². The molecule has 2 heterocycles. The molecule has 0 radical (unpaired) electrons. The summed E-state index contributed by atoms with van der Waals surface area (Å²) in [6.45, 7) is 11.5. The molecule has 0 unspecified atom stereocenters. The minimum absolute atomic E-state index is 0.0444. The van der Waals surface area contributed by atoms with Gasteiger partial charge in [0.15, 0.2) is 5.69 Å². The molecule has 7 aromatic rings. The first-order valence-electron chi connectivity index (χ1n) is 19.4. The monoisotopic (exact) mass is 805 g/mol. The molecule has 0 aliphatic heterocycles. The number of nitrogens with zero attached hydrogens (tertiary/aromatic N) is 5. The molecule has 5 aromatic carbocycles. The first kappa shape index (κ1) is 42.6. The van der Waals surface area contributed by atoms with Crippen LogP contribution in [0.25, 0.3) is 27.1 Å².